The lowest BCUT2D eigenvalue weighted by Gasteiger charge is -2.15. The Kier molecular flexibility index (Phi) is 5.93. The molecule has 0 aliphatic heterocycles. The van der Waals surface area contributed by atoms with E-state index in [2.05, 4.69) is 25.2 Å². The van der Waals surface area contributed by atoms with Crippen LogP contribution in [0.1, 0.15) is 57.8 Å². The average molecular weight is 294 g/mol. The van der Waals surface area contributed by atoms with Crippen molar-refractivity contribution in [3.63, 3.8) is 0 Å². The molecule has 110 valence electrons. The van der Waals surface area contributed by atoms with Crippen LogP contribution in [0.5, 0.6) is 0 Å². The number of nitrogens with one attached hydrogen (secondary N) is 1. The summed E-state index contributed by atoms with van der Waals surface area (Å²) in [4.78, 5) is 0. The van der Waals surface area contributed by atoms with Gasteiger partial charge in [0, 0.05) is 10.4 Å². The minimum Gasteiger partial charge on any atom is -0.459 e. The molecule has 0 radical (unpaired) electrons. The Morgan fingerprint density at radius 1 is 1.15 bits per heavy atom. The normalized spacial score (nSPS) is 12.9. The smallest absolute Gasteiger partial charge is 0.134 e. The van der Waals surface area contributed by atoms with E-state index < -0.39 is 0 Å². The Balaban J connectivity index is 2.09. The predicted octanol–water partition coefficient (Wildman–Crippen LogP) is 5.71. The van der Waals surface area contributed by atoms with Gasteiger partial charge in [-0.15, -0.1) is 0 Å². The van der Waals surface area contributed by atoms with Crippen LogP contribution in [0.2, 0.25) is 5.02 Å². The molecular formula is C17H24ClNO. The highest BCUT2D eigenvalue weighted by atomic mass is 35.5. The van der Waals surface area contributed by atoms with Crippen LogP contribution in [0, 0.1) is 0 Å². The molecule has 0 bridgehead atoms. The first-order chi connectivity index (χ1) is 9.74. The Labute approximate surface area is 126 Å². The second-order valence-corrected chi connectivity index (χ2v) is 5.73. The number of unbranched alkanes of at least 4 members (excludes halogenated alkanes) is 3. The first-order valence-corrected chi connectivity index (χ1v) is 8.04. The van der Waals surface area contributed by atoms with Crippen molar-refractivity contribution in [1.82, 2.24) is 5.32 Å². The van der Waals surface area contributed by atoms with E-state index in [1.165, 1.54) is 25.7 Å². The highest BCUT2D eigenvalue weighted by Gasteiger charge is 2.15. The highest BCUT2D eigenvalue weighted by Crippen LogP contribution is 2.28. The Hall–Kier alpha value is -0.990. The third kappa shape index (κ3) is 4.00. The summed E-state index contributed by atoms with van der Waals surface area (Å²) in [6.45, 7) is 5.33. The van der Waals surface area contributed by atoms with E-state index in [4.69, 9.17) is 16.0 Å². The van der Waals surface area contributed by atoms with E-state index in [-0.39, 0.29) is 0 Å². The number of halogens is 1. The quantitative estimate of drug-likeness (QED) is 0.631. The molecule has 0 fully saturated rings. The van der Waals surface area contributed by atoms with Gasteiger partial charge in [-0.05, 0) is 37.2 Å². The van der Waals surface area contributed by atoms with Crippen LogP contribution >= 0.6 is 11.6 Å². The van der Waals surface area contributed by atoms with Crippen molar-refractivity contribution < 1.29 is 4.42 Å². The SMILES string of the molecule is CCCCCCC(NCC)c1cc2cc(Cl)ccc2o1. The predicted molar refractivity (Wildman–Crippen MR) is 86.4 cm³/mol. The van der Waals surface area contributed by atoms with E-state index >= 15 is 0 Å². The van der Waals surface area contributed by atoms with Gasteiger partial charge in [-0.25, -0.2) is 0 Å². The van der Waals surface area contributed by atoms with Crippen molar-refractivity contribution >= 4 is 22.6 Å². The van der Waals surface area contributed by atoms with Crippen molar-refractivity contribution in [2.45, 2.75) is 52.0 Å². The van der Waals surface area contributed by atoms with E-state index in [9.17, 15) is 0 Å². The number of hydrogen-bond acceptors (Lipinski definition) is 2. The summed E-state index contributed by atoms with van der Waals surface area (Å²) in [6.07, 6.45) is 6.25. The maximum absolute atomic E-state index is 6.03. The summed E-state index contributed by atoms with van der Waals surface area (Å²) in [5.74, 6) is 1.03. The molecular weight excluding hydrogens is 270 g/mol. The topological polar surface area (TPSA) is 25.2 Å². The Bertz CT molecular complexity index is 535. The summed E-state index contributed by atoms with van der Waals surface area (Å²) < 4.78 is 5.97. The van der Waals surface area contributed by atoms with Gasteiger partial charge in [0.25, 0.3) is 0 Å². The van der Waals surface area contributed by atoms with Crippen LogP contribution in [-0.4, -0.2) is 6.54 Å². The summed E-state index contributed by atoms with van der Waals surface area (Å²) in [5, 5.41) is 5.37. The molecule has 0 aliphatic rings. The number of fused-ring (bicyclic) bond motifs is 1. The third-order valence-electron chi connectivity index (χ3n) is 3.64. The molecule has 2 aromatic rings. The summed E-state index contributed by atoms with van der Waals surface area (Å²) >= 11 is 6.03. The third-order valence-corrected chi connectivity index (χ3v) is 3.87. The zero-order valence-corrected chi connectivity index (χ0v) is 13.2. The lowest BCUT2D eigenvalue weighted by molar-refractivity contribution is 0.403. The lowest BCUT2D eigenvalue weighted by Crippen LogP contribution is -2.20. The fourth-order valence-corrected chi connectivity index (χ4v) is 2.75. The van der Waals surface area contributed by atoms with E-state index in [1.54, 1.807) is 0 Å². The summed E-state index contributed by atoms with van der Waals surface area (Å²) in [7, 11) is 0. The second kappa shape index (κ2) is 7.70. The van der Waals surface area contributed by atoms with Crippen LogP contribution in [0.25, 0.3) is 11.0 Å². The molecule has 2 nitrogen and oxygen atoms in total. The molecule has 3 heteroatoms. The zero-order chi connectivity index (χ0) is 14.4. The molecule has 0 amide bonds. The molecule has 1 N–H and O–H groups in total. The van der Waals surface area contributed by atoms with Gasteiger partial charge in [0.2, 0.25) is 0 Å². The van der Waals surface area contributed by atoms with Crippen molar-refractivity contribution in [3.05, 3.63) is 35.0 Å². The summed E-state index contributed by atoms with van der Waals surface area (Å²) in [5.41, 5.74) is 0.917. The van der Waals surface area contributed by atoms with Gasteiger partial charge in [0.1, 0.15) is 11.3 Å². The molecule has 1 atom stereocenters. The maximum Gasteiger partial charge on any atom is 0.134 e. The largest absolute Gasteiger partial charge is 0.459 e. The Morgan fingerprint density at radius 2 is 2.00 bits per heavy atom. The molecule has 0 spiro atoms. The van der Waals surface area contributed by atoms with Gasteiger partial charge in [-0.3, -0.25) is 0 Å². The number of benzene rings is 1. The fourth-order valence-electron chi connectivity index (χ4n) is 2.57. The lowest BCUT2D eigenvalue weighted by atomic mass is 10.0. The molecule has 1 heterocycles. The van der Waals surface area contributed by atoms with Crippen LogP contribution < -0.4 is 5.32 Å². The monoisotopic (exact) mass is 293 g/mol. The van der Waals surface area contributed by atoms with Gasteiger partial charge in [0.15, 0.2) is 0 Å². The van der Waals surface area contributed by atoms with E-state index in [0.29, 0.717) is 6.04 Å². The first kappa shape index (κ1) is 15.4. The van der Waals surface area contributed by atoms with Crippen molar-refractivity contribution in [2.24, 2.45) is 0 Å². The molecule has 2 rings (SSSR count). The average Bonchev–Trinajstić information content (AvgIpc) is 2.85. The molecule has 0 saturated heterocycles. The van der Waals surface area contributed by atoms with Gasteiger partial charge < -0.3 is 9.73 Å². The summed E-state index contributed by atoms with van der Waals surface area (Å²) in [6, 6.07) is 8.21. The zero-order valence-electron chi connectivity index (χ0n) is 12.4. The van der Waals surface area contributed by atoms with Gasteiger partial charge >= 0.3 is 0 Å². The van der Waals surface area contributed by atoms with E-state index in [0.717, 1.165) is 34.7 Å². The van der Waals surface area contributed by atoms with Gasteiger partial charge in [0.05, 0.1) is 6.04 Å². The minimum absolute atomic E-state index is 0.308. The minimum atomic E-state index is 0.308. The molecule has 1 unspecified atom stereocenters. The van der Waals surface area contributed by atoms with Crippen molar-refractivity contribution in [1.29, 1.82) is 0 Å². The van der Waals surface area contributed by atoms with Crippen molar-refractivity contribution in [3.8, 4) is 0 Å². The maximum atomic E-state index is 6.03. The molecule has 1 aromatic heterocycles. The second-order valence-electron chi connectivity index (χ2n) is 5.29. The van der Waals surface area contributed by atoms with Gasteiger partial charge in [-0.1, -0.05) is 51.1 Å². The molecule has 0 aliphatic carbocycles. The standard InChI is InChI=1S/C17H24ClNO/c1-3-5-6-7-8-15(19-4-2)17-12-13-11-14(18)9-10-16(13)20-17/h9-12,15,19H,3-8H2,1-2H3. The van der Waals surface area contributed by atoms with Crippen LogP contribution in [0.15, 0.2) is 28.7 Å². The van der Waals surface area contributed by atoms with Crippen LogP contribution in [0.4, 0.5) is 0 Å². The molecule has 0 saturated carbocycles. The number of furan rings is 1. The van der Waals surface area contributed by atoms with Crippen LogP contribution in [0.3, 0.4) is 0 Å². The first-order valence-electron chi connectivity index (χ1n) is 7.67. The number of hydrogen-bond donors (Lipinski definition) is 1. The fraction of sp³-hybridized carbons (Fsp3) is 0.529. The highest BCUT2D eigenvalue weighted by molar-refractivity contribution is 6.31. The van der Waals surface area contributed by atoms with Gasteiger partial charge in [-0.2, -0.15) is 0 Å². The molecule has 1 aromatic carbocycles. The molecule has 20 heavy (non-hydrogen) atoms. The number of rotatable bonds is 8. The van der Waals surface area contributed by atoms with Crippen LogP contribution in [-0.2, 0) is 0 Å². The Morgan fingerprint density at radius 3 is 2.75 bits per heavy atom. The van der Waals surface area contributed by atoms with E-state index in [1.807, 2.05) is 18.2 Å². The van der Waals surface area contributed by atoms with Crippen molar-refractivity contribution in [2.75, 3.05) is 6.54 Å².